The van der Waals surface area contributed by atoms with Gasteiger partial charge < -0.3 is 10.2 Å². The summed E-state index contributed by atoms with van der Waals surface area (Å²) in [5.41, 5.74) is 0. The first-order valence-corrected chi connectivity index (χ1v) is 7.96. The number of nitrogens with zero attached hydrogens (tertiary/aromatic N) is 2. The van der Waals surface area contributed by atoms with Crippen molar-refractivity contribution in [3.8, 4) is 0 Å². The van der Waals surface area contributed by atoms with Gasteiger partial charge in [-0.25, -0.2) is 0 Å². The van der Waals surface area contributed by atoms with Gasteiger partial charge in [0.15, 0.2) is 0 Å². The molecule has 4 heteroatoms. The molecule has 1 N–H and O–H groups in total. The second-order valence-electron chi connectivity index (χ2n) is 6.02. The van der Waals surface area contributed by atoms with Gasteiger partial charge in [-0.15, -0.1) is 0 Å². The summed E-state index contributed by atoms with van der Waals surface area (Å²) in [4.78, 5) is 16.9. The minimum atomic E-state index is 0.0600. The molecule has 2 heterocycles. The summed E-state index contributed by atoms with van der Waals surface area (Å²) in [7, 11) is 0. The van der Waals surface area contributed by atoms with Crippen LogP contribution in [0.25, 0.3) is 0 Å². The van der Waals surface area contributed by atoms with E-state index in [1.165, 1.54) is 25.7 Å². The Morgan fingerprint density at radius 1 is 1.21 bits per heavy atom. The predicted octanol–water partition coefficient (Wildman–Crippen LogP) is 1.32. The Morgan fingerprint density at radius 3 is 2.42 bits per heavy atom. The molecule has 2 fully saturated rings. The normalized spacial score (nSPS) is 24.4. The first kappa shape index (κ1) is 14.8. The van der Waals surface area contributed by atoms with Gasteiger partial charge in [-0.05, 0) is 25.7 Å². The number of amides is 1. The molecule has 1 unspecified atom stereocenters. The van der Waals surface area contributed by atoms with Gasteiger partial charge in [0.25, 0.3) is 0 Å². The lowest BCUT2D eigenvalue weighted by molar-refractivity contribution is -0.138. The number of rotatable bonds is 4. The molecule has 2 rings (SSSR count). The van der Waals surface area contributed by atoms with Crippen molar-refractivity contribution >= 4 is 5.91 Å². The highest BCUT2D eigenvalue weighted by molar-refractivity contribution is 5.81. The summed E-state index contributed by atoms with van der Waals surface area (Å²) in [6, 6.07) is 0.0600. The van der Waals surface area contributed by atoms with E-state index in [2.05, 4.69) is 29.0 Å². The van der Waals surface area contributed by atoms with Gasteiger partial charge in [0.2, 0.25) is 5.91 Å². The fraction of sp³-hybridized carbons (Fsp3) is 0.933. The van der Waals surface area contributed by atoms with Gasteiger partial charge in [0, 0.05) is 39.3 Å². The standard InChI is InChI=1S/C15H29N3O/c1-3-4-14-5-9-18(10-6-14)15(19)13(2)17-11-7-16-8-12-17/h13-14,16H,3-12H2,1-2H3. The van der Waals surface area contributed by atoms with Gasteiger partial charge >= 0.3 is 0 Å². The Labute approximate surface area is 117 Å². The van der Waals surface area contributed by atoms with Gasteiger partial charge in [0.05, 0.1) is 6.04 Å². The molecule has 19 heavy (non-hydrogen) atoms. The SMILES string of the molecule is CCCC1CCN(C(=O)C(C)N2CCNCC2)CC1. The zero-order chi connectivity index (χ0) is 13.7. The van der Waals surface area contributed by atoms with E-state index in [1.807, 2.05) is 0 Å². The number of hydrogen-bond acceptors (Lipinski definition) is 3. The second-order valence-corrected chi connectivity index (χ2v) is 6.02. The number of piperidine rings is 1. The highest BCUT2D eigenvalue weighted by Crippen LogP contribution is 2.22. The van der Waals surface area contributed by atoms with Crippen LogP contribution in [0.3, 0.4) is 0 Å². The van der Waals surface area contributed by atoms with Crippen LogP contribution in [-0.2, 0) is 4.79 Å². The summed E-state index contributed by atoms with van der Waals surface area (Å²) < 4.78 is 0. The number of piperazine rings is 1. The molecule has 0 saturated carbocycles. The molecule has 4 nitrogen and oxygen atoms in total. The molecule has 1 amide bonds. The van der Waals surface area contributed by atoms with Crippen LogP contribution >= 0.6 is 0 Å². The summed E-state index contributed by atoms with van der Waals surface area (Å²) in [5.74, 6) is 1.19. The largest absolute Gasteiger partial charge is 0.341 e. The van der Waals surface area contributed by atoms with Crippen molar-refractivity contribution in [2.45, 2.75) is 45.6 Å². The average molecular weight is 267 g/mol. The van der Waals surface area contributed by atoms with Crippen molar-refractivity contribution in [2.24, 2.45) is 5.92 Å². The average Bonchev–Trinajstić information content (AvgIpc) is 2.48. The molecule has 2 saturated heterocycles. The maximum absolute atomic E-state index is 12.5. The fourth-order valence-corrected chi connectivity index (χ4v) is 3.34. The first-order chi connectivity index (χ1) is 9.22. The molecule has 0 bridgehead atoms. The highest BCUT2D eigenvalue weighted by Gasteiger charge is 2.29. The molecule has 0 spiro atoms. The fourth-order valence-electron chi connectivity index (χ4n) is 3.34. The quantitative estimate of drug-likeness (QED) is 0.834. The third kappa shape index (κ3) is 3.93. The summed E-state index contributed by atoms with van der Waals surface area (Å²) in [6.45, 7) is 10.3. The molecule has 0 aliphatic carbocycles. The molecule has 1 atom stereocenters. The summed E-state index contributed by atoms with van der Waals surface area (Å²) >= 11 is 0. The molecule has 110 valence electrons. The molecular formula is C15H29N3O. The Hall–Kier alpha value is -0.610. The molecule has 2 aliphatic rings. The third-order valence-electron chi connectivity index (χ3n) is 4.68. The van der Waals surface area contributed by atoms with Crippen molar-refractivity contribution in [3.63, 3.8) is 0 Å². The summed E-state index contributed by atoms with van der Waals surface area (Å²) in [5, 5.41) is 3.34. The molecule has 0 radical (unpaired) electrons. The lowest BCUT2D eigenvalue weighted by Crippen LogP contribution is -2.54. The lowest BCUT2D eigenvalue weighted by atomic mass is 9.92. The van der Waals surface area contributed by atoms with Gasteiger partial charge in [-0.3, -0.25) is 9.69 Å². The number of hydrogen-bond donors (Lipinski definition) is 1. The minimum absolute atomic E-state index is 0.0600. The second kappa shape index (κ2) is 7.25. The van der Waals surface area contributed by atoms with Crippen molar-refractivity contribution in [1.29, 1.82) is 0 Å². The van der Waals surface area contributed by atoms with Crippen LogP contribution < -0.4 is 5.32 Å². The van der Waals surface area contributed by atoms with E-state index in [1.54, 1.807) is 0 Å². The van der Waals surface area contributed by atoms with Crippen LogP contribution in [0.15, 0.2) is 0 Å². The topological polar surface area (TPSA) is 35.6 Å². The van der Waals surface area contributed by atoms with Crippen LogP contribution in [0, 0.1) is 5.92 Å². The van der Waals surface area contributed by atoms with Crippen LogP contribution in [0.1, 0.15) is 39.5 Å². The predicted molar refractivity (Wildman–Crippen MR) is 78.1 cm³/mol. The van der Waals surface area contributed by atoms with Crippen LogP contribution in [-0.4, -0.2) is 61.0 Å². The molecule has 0 aromatic rings. The smallest absolute Gasteiger partial charge is 0.239 e. The van der Waals surface area contributed by atoms with E-state index in [0.29, 0.717) is 5.91 Å². The molecular weight excluding hydrogens is 238 g/mol. The number of carbonyl (C=O) groups excluding carboxylic acids is 1. The van der Waals surface area contributed by atoms with E-state index in [9.17, 15) is 4.79 Å². The number of likely N-dealkylation sites (tertiary alicyclic amines) is 1. The first-order valence-electron chi connectivity index (χ1n) is 7.96. The zero-order valence-corrected chi connectivity index (χ0v) is 12.5. The van der Waals surface area contributed by atoms with E-state index in [4.69, 9.17) is 0 Å². The van der Waals surface area contributed by atoms with Crippen LogP contribution in [0.2, 0.25) is 0 Å². The Balaban J connectivity index is 1.79. The lowest BCUT2D eigenvalue weighted by Gasteiger charge is -2.38. The van der Waals surface area contributed by atoms with Crippen molar-refractivity contribution in [1.82, 2.24) is 15.1 Å². The van der Waals surface area contributed by atoms with Gasteiger partial charge in [0.1, 0.15) is 0 Å². The third-order valence-corrected chi connectivity index (χ3v) is 4.68. The molecule has 0 aromatic heterocycles. The van der Waals surface area contributed by atoms with Crippen LogP contribution in [0.4, 0.5) is 0 Å². The highest BCUT2D eigenvalue weighted by atomic mass is 16.2. The molecule has 2 aliphatic heterocycles. The number of nitrogens with one attached hydrogen (secondary N) is 1. The maximum Gasteiger partial charge on any atom is 0.239 e. The van der Waals surface area contributed by atoms with Crippen molar-refractivity contribution in [2.75, 3.05) is 39.3 Å². The monoisotopic (exact) mass is 267 g/mol. The van der Waals surface area contributed by atoms with E-state index < -0.39 is 0 Å². The Morgan fingerprint density at radius 2 is 1.84 bits per heavy atom. The van der Waals surface area contributed by atoms with Crippen molar-refractivity contribution in [3.05, 3.63) is 0 Å². The van der Waals surface area contributed by atoms with Crippen molar-refractivity contribution < 1.29 is 4.79 Å². The Bertz CT molecular complexity index is 281. The van der Waals surface area contributed by atoms with Crippen LogP contribution in [0.5, 0.6) is 0 Å². The zero-order valence-electron chi connectivity index (χ0n) is 12.5. The Kier molecular flexibility index (Phi) is 5.64. The maximum atomic E-state index is 12.5. The molecule has 0 aromatic carbocycles. The van der Waals surface area contributed by atoms with E-state index in [0.717, 1.165) is 45.2 Å². The number of carbonyl (C=O) groups is 1. The van der Waals surface area contributed by atoms with Gasteiger partial charge in [-0.1, -0.05) is 19.8 Å². The van der Waals surface area contributed by atoms with E-state index in [-0.39, 0.29) is 6.04 Å². The summed E-state index contributed by atoms with van der Waals surface area (Å²) in [6.07, 6.45) is 5.01. The minimum Gasteiger partial charge on any atom is -0.341 e. The van der Waals surface area contributed by atoms with Gasteiger partial charge in [-0.2, -0.15) is 0 Å². The van der Waals surface area contributed by atoms with E-state index >= 15 is 0 Å².